The lowest BCUT2D eigenvalue weighted by atomic mass is 9.82. The van der Waals surface area contributed by atoms with E-state index in [0.29, 0.717) is 0 Å². The number of para-hydroxylation sites is 2. The molecule has 0 aliphatic heterocycles. The molecule has 0 amide bonds. The summed E-state index contributed by atoms with van der Waals surface area (Å²) < 4.78 is 0. The van der Waals surface area contributed by atoms with Gasteiger partial charge in [-0.2, -0.15) is 0 Å². The minimum atomic E-state index is -0.116. The first-order chi connectivity index (χ1) is 25.1. The Labute approximate surface area is 300 Å². The van der Waals surface area contributed by atoms with Crippen LogP contribution >= 0.6 is 0 Å². The first kappa shape index (κ1) is 30.7. The van der Waals surface area contributed by atoms with Gasteiger partial charge in [0.15, 0.2) is 0 Å². The molecule has 0 unspecified atom stereocenters. The van der Waals surface area contributed by atoms with E-state index in [1.165, 1.54) is 44.2 Å². The standard InChI is InChI=1S/C49H38N2/c1-49(2)45-25-15-14-24-43(45)44-32-31-41(34-46(44)49)51(47-33-26-35-16-12-13-23-42(35)48(47)36-17-6-3-7-18-36)40-29-27-39(28-30-40)50(37-19-8-4-9-20-37)38-21-10-5-11-22-38/h3-34H,1-2H3. The molecule has 1 aliphatic carbocycles. The van der Waals surface area contributed by atoms with Gasteiger partial charge in [0.2, 0.25) is 0 Å². The van der Waals surface area contributed by atoms with Crippen LogP contribution in [0.4, 0.5) is 34.1 Å². The summed E-state index contributed by atoms with van der Waals surface area (Å²) in [5.74, 6) is 0. The van der Waals surface area contributed by atoms with E-state index in [4.69, 9.17) is 0 Å². The van der Waals surface area contributed by atoms with Gasteiger partial charge in [-0.25, -0.2) is 0 Å². The van der Waals surface area contributed by atoms with Crippen LogP contribution in [-0.2, 0) is 5.41 Å². The van der Waals surface area contributed by atoms with Gasteiger partial charge < -0.3 is 9.80 Å². The Bertz CT molecular complexity index is 2440. The number of rotatable bonds is 7. The summed E-state index contributed by atoms with van der Waals surface area (Å²) in [6, 6.07) is 70.3. The fourth-order valence-corrected chi connectivity index (χ4v) is 7.97. The van der Waals surface area contributed by atoms with Crippen LogP contribution in [0.25, 0.3) is 33.0 Å². The van der Waals surface area contributed by atoms with Crippen molar-refractivity contribution in [2.45, 2.75) is 19.3 Å². The van der Waals surface area contributed by atoms with Crippen molar-refractivity contribution in [3.05, 3.63) is 205 Å². The number of benzene rings is 8. The Morgan fingerprint density at radius 1 is 0.373 bits per heavy atom. The van der Waals surface area contributed by atoms with Gasteiger partial charge in [-0.05, 0) is 105 Å². The van der Waals surface area contributed by atoms with E-state index in [2.05, 4.69) is 218 Å². The van der Waals surface area contributed by atoms with E-state index < -0.39 is 0 Å². The van der Waals surface area contributed by atoms with E-state index in [1.54, 1.807) is 0 Å². The van der Waals surface area contributed by atoms with Gasteiger partial charge in [0, 0.05) is 39.4 Å². The normalized spacial score (nSPS) is 12.7. The molecule has 0 N–H and O–H groups in total. The largest absolute Gasteiger partial charge is 0.311 e. The van der Waals surface area contributed by atoms with E-state index >= 15 is 0 Å². The molecule has 51 heavy (non-hydrogen) atoms. The van der Waals surface area contributed by atoms with Crippen molar-refractivity contribution in [3.8, 4) is 22.3 Å². The highest BCUT2D eigenvalue weighted by molar-refractivity contribution is 6.05. The zero-order chi connectivity index (χ0) is 34.4. The van der Waals surface area contributed by atoms with Crippen molar-refractivity contribution >= 4 is 44.9 Å². The number of fused-ring (bicyclic) bond motifs is 4. The van der Waals surface area contributed by atoms with E-state index in [1.807, 2.05) is 0 Å². The van der Waals surface area contributed by atoms with Crippen LogP contribution in [0.3, 0.4) is 0 Å². The van der Waals surface area contributed by atoms with Crippen LogP contribution in [0.5, 0.6) is 0 Å². The second kappa shape index (κ2) is 12.5. The molecule has 9 rings (SSSR count). The van der Waals surface area contributed by atoms with Gasteiger partial charge >= 0.3 is 0 Å². The summed E-state index contributed by atoms with van der Waals surface area (Å²) in [7, 11) is 0. The predicted octanol–water partition coefficient (Wildman–Crippen LogP) is 13.8. The molecule has 0 atom stereocenters. The summed E-state index contributed by atoms with van der Waals surface area (Å²) >= 11 is 0. The molecule has 0 aromatic heterocycles. The van der Waals surface area contributed by atoms with Crippen LogP contribution in [0.15, 0.2) is 194 Å². The van der Waals surface area contributed by atoms with Gasteiger partial charge in [0.1, 0.15) is 0 Å². The lowest BCUT2D eigenvalue weighted by Crippen LogP contribution is -2.17. The van der Waals surface area contributed by atoms with Crippen molar-refractivity contribution in [1.29, 1.82) is 0 Å². The highest BCUT2D eigenvalue weighted by Crippen LogP contribution is 2.52. The molecule has 2 heteroatoms. The molecule has 2 nitrogen and oxygen atoms in total. The minimum Gasteiger partial charge on any atom is -0.311 e. The smallest absolute Gasteiger partial charge is 0.0546 e. The van der Waals surface area contributed by atoms with Crippen LogP contribution in [-0.4, -0.2) is 0 Å². The van der Waals surface area contributed by atoms with E-state index in [0.717, 1.165) is 34.1 Å². The molecule has 0 heterocycles. The average molecular weight is 655 g/mol. The SMILES string of the molecule is CC1(C)c2ccccc2-c2ccc(N(c3ccc(N(c4ccccc4)c4ccccc4)cc3)c3ccc4ccccc4c3-c3ccccc3)cc21. The first-order valence-electron chi connectivity index (χ1n) is 17.7. The Morgan fingerprint density at radius 2 is 0.882 bits per heavy atom. The maximum absolute atomic E-state index is 2.45. The third-order valence-corrected chi connectivity index (χ3v) is 10.4. The molecule has 0 fully saturated rings. The topological polar surface area (TPSA) is 6.48 Å². The van der Waals surface area contributed by atoms with Crippen molar-refractivity contribution in [1.82, 2.24) is 0 Å². The highest BCUT2D eigenvalue weighted by atomic mass is 15.2. The first-order valence-corrected chi connectivity index (χ1v) is 17.7. The summed E-state index contributed by atoms with van der Waals surface area (Å²) in [6.07, 6.45) is 0. The maximum atomic E-state index is 2.45. The Hall–Kier alpha value is -6.38. The number of anilines is 6. The van der Waals surface area contributed by atoms with Crippen molar-refractivity contribution in [3.63, 3.8) is 0 Å². The van der Waals surface area contributed by atoms with E-state index in [-0.39, 0.29) is 5.41 Å². The van der Waals surface area contributed by atoms with Crippen LogP contribution in [0.2, 0.25) is 0 Å². The van der Waals surface area contributed by atoms with Crippen LogP contribution in [0.1, 0.15) is 25.0 Å². The minimum absolute atomic E-state index is 0.116. The van der Waals surface area contributed by atoms with Crippen molar-refractivity contribution < 1.29 is 0 Å². The fraction of sp³-hybridized carbons (Fsp3) is 0.0612. The van der Waals surface area contributed by atoms with Gasteiger partial charge in [-0.3, -0.25) is 0 Å². The fourth-order valence-electron chi connectivity index (χ4n) is 7.97. The van der Waals surface area contributed by atoms with E-state index in [9.17, 15) is 0 Å². The molecule has 0 bridgehead atoms. The summed E-state index contributed by atoms with van der Waals surface area (Å²) in [4.78, 5) is 4.77. The van der Waals surface area contributed by atoms with Crippen LogP contribution < -0.4 is 9.80 Å². The lowest BCUT2D eigenvalue weighted by molar-refractivity contribution is 0.660. The third kappa shape index (κ3) is 5.28. The zero-order valence-electron chi connectivity index (χ0n) is 28.9. The number of hydrogen-bond acceptors (Lipinski definition) is 2. The molecule has 244 valence electrons. The Morgan fingerprint density at radius 3 is 1.57 bits per heavy atom. The Kier molecular flexibility index (Phi) is 7.51. The summed E-state index contributed by atoms with van der Waals surface area (Å²) in [6.45, 7) is 4.71. The predicted molar refractivity (Wildman–Crippen MR) is 216 cm³/mol. The molecule has 0 saturated carbocycles. The molecule has 0 radical (unpaired) electrons. The third-order valence-electron chi connectivity index (χ3n) is 10.4. The molecule has 8 aromatic carbocycles. The second-order valence-corrected chi connectivity index (χ2v) is 13.8. The quantitative estimate of drug-likeness (QED) is 0.169. The van der Waals surface area contributed by atoms with Crippen molar-refractivity contribution in [2.75, 3.05) is 9.80 Å². The Balaban J connectivity index is 1.26. The number of nitrogens with zero attached hydrogens (tertiary/aromatic N) is 2. The molecule has 0 spiro atoms. The molecule has 0 saturated heterocycles. The van der Waals surface area contributed by atoms with Crippen molar-refractivity contribution in [2.24, 2.45) is 0 Å². The number of hydrogen-bond donors (Lipinski definition) is 0. The summed E-state index contributed by atoms with van der Waals surface area (Å²) in [5.41, 5.74) is 14.4. The van der Waals surface area contributed by atoms with Crippen LogP contribution in [0, 0.1) is 0 Å². The molecule has 8 aromatic rings. The highest BCUT2D eigenvalue weighted by Gasteiger charge is 2.36. The monoisotopic (exact) mass is 654 g/mol. The van der Waals surface area contributed by atoms with Gasteiger partial charge in [0.05, 0.1) is 5.69 Å². The maximum Gasteiger partial charge on any atom is 0.0546 e. The summed E-state index contributed by atoms with van der Waals surface area (Å²) in [5, 5.41) is 2.46. The average Bonchev–Trinajstić information content (AvgIpc) is 3.42. The van der Waals surface area contributed by atoms with Gasteiger partial charge in [0.25, 0.3) is 0 Å². The van der Waals surface area contributed by atoms with Gasteiger partial charge in [-0.15, -0.1) is 0 Å². The van der Waals surface area contributed by atoms with Gasteiger partial charge in [-0.1, -0.05) is 141 Å². The molecule has 1 aliphatic rings. The lowest BCUT2D eigenvalue weighted by Gasteiger charge is -2.31. The molecular formula is C49H38N2. The second-order valence-electron chi connectivity index (χ2n) is 13.8. The molecular weight excluding hydrogens is 617 g/mol. The zero-order valence-corrected chi connectivity index (χ0v) is 28.9.